The number of carbonyl (C=O) groups excluding carboxylic acids is 1. The van der Waals surface area contributed by atoms with Crippen molar-refractivity contribution in [1.82, 2.24) is 5.32 Å². The van der Waals surface area contributed by atoms with Crippen molar-refractivity contribution in [1.29, 1.82) is 0 Å². The molecule has 4 N–H and O–H groups in total. The molecule has 31 heavy (non-hydrogen) atoms. The number of halogens is 1. The molecule has 0 spiro atoms. The van der Waals surface area contributed by atoms with Gasteiger partial charge >= 0.3 is 5.97 Å². The number of aromatic hydroxyl groups is 1. The predicted molar refractivity (Wildman–Crippen MR) is 121 cm³/mol. The second-order valence-electron chi connectivity index (χ2n) is 6.88. The van der Waals surface area contributed by atoms with Gasteiger partial charge in [0.1, 0.15) is 29.8 Å². The van der Waals surface area contributed by atoms with E-state index < -0.39 is 12.1 Å². The van der Waals surface area contributed by atoms with Crippen molar-refractivity contribution in [2.45, 2.75) is 6.10 Å². The fraction of sp³-hybridized carbons (Fsp3) is 0.261. The summed E-state index contributed by atoms with van der Waals surface area (Å²) in [6.07, 6.45) is -0.769. The summed E-state index contributed by atoms with van der Waals surface area (Å²) in [5, 5.41) is 28.9. The van der Waals surface area contributed by atoms with Gasteiger partial charge < -0.3 is 30.3 Å². The minimum absolute atomic E-state index is 0.0233. The Morgan fingerprint density at radius 1 is 1.10 bits per heavy atom. The molecule has 0 aliphatic rings. The molecule has 7 nitrogen and oxygen atoms in total. The van der Waals surface area contributed by atoms with Gasteiger partial charge in [-0.3, -0.25) is 0 Å². The Hall–Kier alpha value is -3.00. The molecule has 3 aromatic rings. The minimum atomic E-state index is -0.769. The highest BCUT2D eigenvalue weighted by Gasteiger charge is 2.14. The monoisotopic (exact) mass is 444 g/mol. The SMILES string of the molecule is COC(=O)c1ccccc1OCC(O)CNCCNc1cc(Cl)c2ccccc2c1O. The van der Waals surface area contributed by atoms with Crippen LogP contribution in [0.4, 0.5) is 5.69 Å². The number of carbonyl (C=O) groups is 1. The summed E-state index contributed by atoms with van der Waals surface area (Å²) in [5.41, 5.74) is 0.858. The zero-order valence-electron chi connectivity index (χ0n) is 17.1. The molecule has 0 saturated carbocycles. The average Bonchev–Trinajstić information content (AvgIpc) is 2.80. The maximum Gasteiger partial charge on any atom is 0.341 e. The summed E-state index contributed by atoms with van der Waals surface area (Å²) >= 11 is 6.30. The number of phenolic OH excluding ortho intramolecular Hbond substituents is 1. The van der Waals surface area contributed by atoms with Gasteiger partial charge in [-0.15, -0.1) is 0 Å². The first-order valence-electron chi connectivity index (χ1n) is 9.84. The number of anilines is 1. The molecule has 0 aliphatic carbocycles. The maximum atomic E-state index is 11.7. The molecule has 8 heteroatoms. The van der Waals surface area contributed by atoms with Gasteiger partial charge in [0, 0.05) is 30.4 Å². The van der Waals surface area contributed by atoms with E-state index in [4.69, 9.17) is 21.1 Å². The molecule has 1 unspecified atom stereocenters. The Kier molecular flexibility index (Phi) is 7.94. The molecule has 0 aliphatic heterocycles. The Bertz CT molecular complexity index is 1040. The van der Waals surface area contributed by atoms with Crippen LogP contribution in [0.1, 0.15) is 10.4 Å². The summed E-state index contributed by atoms with van der Waals surface area (Å²) in [6.45, 7) is 1.38. The van der Waals surface area contributed by atoms with E-state index in [0.29, 0.717) is 47.0 Å². The average molecular weight is 445 g/mol. The van der Waals surface area contributed by atoms with Crippen LogP contribution >= 0.6 is 11.6 Å². The zero-order valence-corrected chi connectivity index (χ0v) is 17.9. The molecule has 3 aromatic carbocycles. The van der Waals surface area contributed by atoms with E-state index in [1.807, 2.05) is 24.3 Å². The van der Waals surface area contributed by atoms with Crippen molar-refractivity contribution < 1.29 is 24.5 Å². The van der Waals surface area contributed by atoms with Crippen LogP contribution in [0.5, 0.6) is 11.5 Å². The second-order valence-corrected chi connectivity index (χ2v) is 7.29. The van der Waals surface area contributed by atoms with Gasteiger partial charge in [-0.25, -0.2) is 4.79 Å². The third-order valence-corrected chi connectivity index (χ3v) is 5.00. The molecule has 0 aromatic heterocycles. The van der Waals surface area contributed by atoms with Crippen LogP contribution < -0.4 is 15.4 Å². The van der Waals surface area contributed by atoms with Crippen LogP contribution in [0.3, 0.4) is 0 Å². The van der Waals surface area contributed by atoms with Crippen molar-refractivity contribution >= 4 is 34.0 Å². The van der Waals surface area contributed by atoms with E-state index in [2.05, 4.69) is 10.6 Å². The number of esters is 1. The van der Waals surface area contributed by atoms with E-state index >= 15 is 0 Å². The van der Waals surface area contributed by atoms with Gasteiger partial charge in [0.25, 0.3) is 0 Å². The van der Waals surface area contributed by atoms with Crippen LogP contribution in [0, 0.1) is 0 Å². The third-order valence-electron chi connectivity index (χ3n) is 4.69. The van der Waals surface area contributed by atoms with Crippen LogP contribution in [-0.4, -0.2) is 55.6 Å². The molecule has 0 heterocycles. The Labute approximate surface area is 185 Å². The summed E-state index contributed by atoms with van der Waals surface area (Å²) < 4.78 is 10.3. The first-order chi connectivity index (χ1) is 15.0. The van der Waals surface area contributed by atoms with Crippen molar-refractivity contribution in [3.8, 4) is 11.5 Å². The van der Waals surface area contributed by atoms with Crippen molar-refractivity contribution in [2.24, 2.45) is 0 Å². The zero-order chi connectivity index (χ0) is 22.2. The quantitative estimate of drug-likeness (QED) is 0.216. The number of ether oxygens (including phenoxy) is 2. The molecule has 3 rings (SSSR count). The van der Waals surface area contributed by atoms with Gasteiger partial charge in [-0.2, -0.15) is 0 Å². The number of hydrogen-bond acceptors (Lipinski definition) is 7. The summed E-state index contributed by atoms with van der Waals surface area (Å²) in [5.74, 6) is 0.0165. The molecule has 0 amide bonds. The van der Waals surface area contributed by atoms with Crippen LogP contribution in [0.15, 0.2) is 54.6 Å². The van der Waals surface area contributed by atoms with Gasteiger partial charge in [-0.1, -0.05) is 48.0 Å². The fourth-order valence-corrected chi connectivity index (χ4v) is 3.39. The highest BCUT2D eigenvalue weighted by atomic mass is 35.5. The number of hydrogen-bond donors (Lipinski definition) is 4. The fourth-order valence-electron chi connectivity index (χ4n) is 3.12. The second kappa shape index (κ2) is 10.9. The van der Waals surface area contributed by atoms with E-state index in [9.17, 15) is 15.0 Å². The Morgan fingerprint density at radius 3 is 2.58 bits per heavy atom. The summed E-state index contributed by atoms with van der Waals surface area (Å²) in [4.78, 5) is 11.7. The molecule has 0 fully saturated rings. The molecular weight excluding hydrogens is 420 g/mol. The van der Waals surface area contributed by atoms with E-state index in [1.165, 1.54) is 7.11 Å². The van der Waals surface area contributed by atoms with Gasteiger partial charge in [0.2, 0.25) is 0 Å². The van der Waals surface area contributed by atoms with Crippen LogP contribution in [0.25, 0.3) is 10.8 Å². The number of methoxy groups -OCH3 is 1. The number of aliphatic hydroxyl groups excluding tert-OH is 1. The molecular formula is C23H25ClN2O5. The standard InChI is InChI=1S/C23H25ClN2O5/c1-30-23(29)18-8-4-5-9-21(18)31-14-15(27)13-25-10-11-26-20-12-19(24)16-6-2-3-7-17(16)22(20)28/h2-9,12,15,25-28H,10-11,13-14H2,1H3. The highest BCUT2D eigenvalue weighted by molar-refractivity contribution is 6.36. The third kappa shape index (κ3) is 5.79. The first kappa shape index (κ1) is 22.7. The first-order valence-corrected chi connectivity index (χ1v) is 10.2. The van der Waals surface area contributed by atoms with Crippen LogP contribution in [-0.2, 0) is 4.74 Å². The lowest BCUT2D eigenvalue weighted by Gasteiger charge is -2.16. The van der Waals surface area contributed by atoms with Crippen LogP contribution in [0.2, 0.25) is 5.02 Å². The molecule has 0 bridgehead atoms. The van der Waals surface area contributed by atoms with Crippen molar-refractivity contribution in [3.63, 3.8) is 0 Å². The van der Waals surface area contributed by atoms with Crippen molar-refractivity contribution in [3.05, 3.63) is 65.2 Å². The number of rotatable bonds is 10. The van der Waals surface area contributed by atoms with E-state index in [0.717, 1.165) is 5.39 Å². The normalized spacial score (nSPS) is 11.8. The number of nitrogens with one attached hydrogen (secondary N) is 2. The smallest absolute Gasteiger partial charge is 0.341 e. The van der Waals surface area contributed by atoms with E-state index in [-0.39, 0.29) is 12.4 Å². The summed E-state index contributed by atoms with van der Waals surface area (Å²) in [7, 11) is 1.30. The van der Waals surface area contributed by atoms with Gasteiger partial charge in [0.15, 0.2) is 0 Å². The molecule has 164 valence electrons. The summed E-state index contributed by atoms with van der Waals surface area (Å²) in [6, 6.07) is 15.8. The molecule has 0 saturated heterocycles. The number of phenols is 1. The number of aliphatic hydroxyl groups is 1. The topological polar surface area (TPSA) is 100 Å². The molecule has 1 atom stereocenters. The highest BCUT2D eigenvalue weighted by Crippen LogP contribution is 2.37. The number of benzene rings is 3. The minimum Gasteiger partial charge on any atom is -0.505 e. The van der Waals surface area contributed by atoms with Gasteiger partial charge in [0.05, 0.1) is 17.8 Å². The largest absolute Gasteiger partial charge is 0.505 e. The Balaban J connectivity index is 1.43. The predicted octanol–water partition coefficient (Wildman–Crippen LogP) is 3.43. The lowest BCUT2D eigenvalue weighted by Crippen LogP contribution is -2.34. The number of fused-ring (bicyclic) bond motifs is 1. The van der Waals surface area contributed by atoms with E-state index in [1.54, 1.807) is 30.3 Å². The lowest BCUT2D eigenvalue weighted by molar-refractivity contribution is 0.0589. The lowest BCUT2D eigenvalue weighted by atomic mass is 10.1. The maximum absolute atomic E-state index is 11.7. The van der Waals surface area contributed by atoms with Crippen molar-refractivity contribution in [2.75, 3.05) is 38.7 Å². The Morgan fingerprint density at radius 2 is 1.81 bits per heavy atom. The molecule has 0 radical (unpaired) electrons. The van der Waals surface area contributed by atoms with Gasteiger partial charge in [-0.05, 0) is 18.2 Å². The number of para-hydroxylation sites is 1.